The van der Waals surface area contributed by atoms with Gasteiger partial charge in [-0.3, -0.25) is 0 Å². The molecule has 0 saturated carbocycles. The molecule has 0 aliphatic carbocycles. The molecule has 0 N–H and O–H groups in total. The minimum absolute atomic E-state index is 0.170. The van der Waals surface area contributed by atoms with E-state index in [0.717, 1.165) is 0 Å². The fourth-order valence-corrected chi connectivity index (χ4v) is 0.338. The number of carbonyl (C=O) groups is 1. The zero-order valence-corrected chi connectivity index (χ0v) is 7.70. The van der Waals surface area contributed by atoms with E-state index in [2.05, 4.69) is 19.6 Å². The molecule has 0 atom stereocenters. The second kappa shape index (κ2) is 5.79. The maximum Gasteiger partial charge on any atom is 0.542 e. The Morgan fingerprint density at radius 2 is 1.67 bits per heavy atom. The molecule has 5 heteroatoms. The van der Waals surface area contributed by atoms with Crippen molar-refractivity contribution in [2.75, 3.05) is 0 Å². The molecule has 0 aromatic carbocycles. The van der Waals surface area contributed by atoms with Crippen LogP contribution in [0.4, 0.5) is 4.79 Å². The largest absolute Gasteiger partial charge is 0.542 e. The van der Waals surface area contributed by atoms with E-state index in [1.165, 1.54) is 0 Å². The van der Waals surface area contributed by atoms with Gasteiger partial charge < -0.3 is 4.74 Å². The molecule has 0 aliphatic rings. The number of rotatable bonds is 4. The van der Waals surface area contributed by atoms with E-state index in [4.69, 9.17) is 0 Å². The van der Waals surface area contributed by atoms with Gasteiger partial charge in [0.2, 0.25) is 0 Å². The second-order valence-electron chi connectivity index (χ2n) is 2.71. The van der Waals surface area contributed by atoms with Gasteiger partial charge in [0.25, 0.3) is 0 Å². The van der Waals surface area contributed by atoms with Gasteiger partial charge in [-0.2, -0.15) is 4.89 Å². The van der Waals surface area contributed by atoms with Crippen molar-refractivity contribution >= 4 is 6.16 Å². The number of ether oxygens (including phenoxy) is 1. The molecule has 0 spiro atoms. The Labute approximate surface area is 71.4 Å². The first-order valence-corrected chi connectivity index (χ1v) is 3.73. The van der Waals surface area contributed by atoms with Crippen LogP contribution in [0.3, 0.4) is 0 Å². The first kappa shape index (κ1) is 11.2. The van der Waals surface area contributed by atoms with E-state index in [0.29, 0.717) is 0 Å². The lowest BCUT2D eigenvalue weighted by Crippen LogP contribution is -2.15. The summed E-state index contributed by atoms with van der Waals surface area (Å²) in [5, 5.41) is 4.08. The number of carbonyl (C=O) groups excluding carboxylic acids is 1. The molecule has 0 aliphatic heterocycles. The fourth-order valence-electron chi connectivity index (χ4n) is 0.338. The van der Waals surface area contributed by atoms with Gasteiger partial charge in [-0.05, 0) is 32.7 Å². The van der Waals surface area contributed by atoms with Crippen LogP contribution >= 0.6 is 0 Å². The van der Waals surface area contributed by atoms with Crippen LogP contribution in [0.1, 0.15) is 27.7 Å². The maximum absolute atomic E-state index is 10.6. The lowest BCUT2D eigenvalue weighted by Gasteiger charge is -2.07. The maximum atomic E-state index is 10.6. The Kier molecular flexibility index (Phi) is 5.40. The van der Waals surface area contributed by atoms with Crippen molar-refractivity contribution in [3.8, 4) is 0 Å². The number of hydrogen-bond acceptors (Lipinski definition) is 5. The first-order valence-electron chi connectivity index (χ1n) is 3.73. The molecule has 0 amide bonds. The topological polar surface area (TPSA) is 54.0 Å². The molecule has 0 aromatic heterocycles. The van der Waals surface area contributed by atoms with Gasteiger partial charge in [0, 0.05) is 0 Å². The Balaban J connectivity index is 3.32. The highest BCUT2D eigenvalue weighted by Crippen LogP contribution is 1.95. The molecular formula is C7H14O5. The SMILES string of the molecule is CC(C)OOOC(=O)OC(C)C. The van der Waals surface area contributed by atoms with Gasteiger partial charge in [-0.25, -0.2) is 9.68 Å². The van der Waals surface area contributed by atoms with Crippen molar-refractivity contribution in [2.45, 2.75) is 39.9 Å². The minimum Gasteiger partial charge on any atom is -0.430 e. The van der Waals surface area contributed by atoms with Crippen LogP contribution in [0.5, 0.6) is 0 Å². The lowest BCUT2D eigenvalue weighted by atomic mass is 10.5. The summed E-state index contributed by atoms with van der Waals surface area (Å²) in [6.07, 6.45) is -1.32. The highest BCUT2D eigenvalue weighted by molar-refractivity contribution is 5.59. The zero-order chi connectivity index (χ0) is 9.56. The quantitative estimate of drug-likeness (QED) is 0.373. The van der Waals surface area contributed by atoms with E-state index < -0.39 is 6.16 Å². The van der Waals surface area contributed by atoms with Gasteiger partial charge in [0.05, 0.1) is 12.2 Å². The molecule has 0 radical (unpaired) electrons. The Bertz CT molecular complexity index is 132. The smallest absolute Gasteiger partial charge is 0.430 e. The highest BCUT2D eigenvalue weighted by Gasteiger charge is 2.08. The van der Waals surface area contributed by atoms with Gasteiger partial charge in [0.1, 0.15) is 0 Å². The summed E-state index contributed by atoms with van der Waals surface area (Å²) in [5.74, 6) is 0. The predicted molar refractivity (Wildman–Crippen MR) is 40.0 cm³/mol. The summed E-state index contributed by atoms with van der Waals surface area (Å²) in [4.78, 5) is 19.1. The lowest BCUT2D eigenvalue weighted by molar-refractivity contribution is -0.498. The molecule has 0 saturated heterocycles. The molecule has 0 aromatic rings. The van der Waals surface area contributed by atoms with Gasteiger partial charge in [-0.1, -0.05) is 0 Å². The standard InChI is InChI=1S/C7H14O5/c1-5(2)9-7(8)11-12-10-6(3)4/h5-6H,1-4H3. The molecule has 12 heavy (non-hydrogen) atoms. The van der Waals surface area contributed by atoms with E-state index in [-0.39, 0.29) is 12.2 Å². The summed E-state index contributed by atoms with van der Waals surface area (Å²) in [5.41, 5.74) is 0. The summed E-state index contributed by atoms with van der Waals surface area (Å²) in [7, 11) is 0. The van der Waals surface area contributed by atoms with Gasteiger partial charge in [0.15, 0.2) is 0 Å². The fraction of sp³-hybridized carbons (Fsp3) is 0.857. The van der Waals surface area contributed by atoms with Crippen molar-refractivity contribution < 1.29 is 24.3 Å². The third-order valence-electron chi connectivity index (χ3n) is 0.666. The number of hydrogen-bond donors (Lipinski definition) is 0. The van der Waals surface area contributed by atoms with Crippen LogP contribution in [0.25, 0.3) is 0 Å². The Hall–Kier alpha value is -0.810. The third-order valence-corrected chi connectivity index (χ3v) is 0.666. The predicted octanol–water partition coefficient (Wildman–Crippen LogP) is 1.82. The van der Waals surface area contributed by atoms with E-state index in [1.807, 2.05) is 0 Å². The van der Waals surface area contributed by atoms with Crippen LogP contribution in [-0.2, 0) is 19.6 Å². The van der Waals surface area contributed by atoms with Crippen LogP contribution in [0.2, 0.25) is 0 Å². The minimum atomic E-state index is -0.911. The normalized spacial score (nSPS) is 10.5. The molecule has 0 bridgehead atoms. The van der Waals surface area contributed by atoms with Gasteiger partial charge in [-0.15, -0.1) is 0 Å². The third kappa shape index (κ3) is 7.30. The van der Waals surface area contributed by atoms with E-state index in [9.17, 15) is 4.79 Å². The Morgan fingerprint density at radius 1 is 1.08 bits per heavy atom. The van der Waals surface area contributed by atoms with Crippen molar-refractivity contribution in [3.05, 3.63) is 0 Å². The van der Waals surface area contributed by atoms with Crippen molar-refractivity contribution in [2.24, 2.45) is 0 Å². The van der Waals surface area contributed by atoms with Crippen LogP contribution < -0.4 is 0 Å². The van der Waals surface area contributed by atoms with Crippen LogP contribution in [0, 0.1) is 0 Å². The molecule has 0 fully saturated rings. The molecule has 0 rings (SSSR count). The van der Waals surface area contributed by atoms with Crippen LogP contribution in [-0.4, -0.2) is 18.4 Å². The Morgan fingerprint density at radius 3 is 2.08 bits per heavy atom. The average molecular weight is 178 g/mol. The zero-order valence-electron chi connectivity index (χ0n) is 7.70. The molecular weight excluding hydrogens is 164 g/mol. The summed E-state index contributed by atoms with van der Waals surface area (Å²) in [6.45, 7) is 6.86. The van der Waals surface area contributed by atoms with Crippen molar-refractivity contribution in [1.29, 1.82) is 0 Å². The summed E-state index contributed by atoms with van der Waals surface area (Å²) < 4.78 is 4.57. The van der Waals surface area contributed by atoms with Crippen molar-refractivity contribution in [1.82, 2.24) is 0 Å². The first-order chi connectivity index (χ1) is 5.52. The van der Waals surface area contributed by atoms with E-state index >= 15 is 0 Å². The molecule has 0 heterocycles. The van der Waals surface area contributed by atoms with E-state index in [1.54, 1.807) is 27.7 Å². The summed E-state index contributed by atoms with van der Waals surface area (Å²) in [6, 6.07) is 0. The monoisotopic (exact) mass is 178 g/mol. The average Bonchev–Trinajstić information content (AvgIpc) is 1.84. The molecule has 0 unspecified atom stereocenters. The molecule has 72 valence electrons. The summed E-state index contributed by atoms with van der Waals surface area (Å²) >= 11 is 0. The van der Waals surface area contributed by atoms with Crippen LogP contribution in [0.15, 0.2) is 0 Å². The van der Waals surface area contributed by atoms with Gasteiger partial charge >= 0.3 is 6.16 Å². The second-order valence-corrected chi connectivity index (χ2v) is 2.71. The molecule has 5 nitrogen and oxygen atoms in total. The highest BCUT2D eigenvalue weighted by atomic mass is 17.5. The van der Waals surface area contributed by atoms with Crippen molar-refractivity contribution in [3.63, 3.8) is 0 Å².